The average Bonchev–Trinajstić information content (AvgIpc) is 2.42. The van der Waals surface area contributed by atoms with Gasteiger partial charge in [0.25, 0.3) is 6.43 Å². The van der Waals surface area contributed by atoms with Crippen molar-refractivity contribution in [2.45, 2.75) is 11.3 Å². The summed E-state index contributed by atoms with van der Waals surface area (Å²) >= 11 is 4.78. The summed E-state index contributed by atoms with van der Waals surface area (Å²) in [5.41, 5.74) is -0.0907. The quantitative estimate of drug-likeness (QED) is 0.700. The first-order valence-corrected chi connectivity index (χ1v) is 5.05. The highest BCUT2D eigenvalue weighted by molar-refractivity contribution is 7.80. The van der Waals surface area contributed by atoms with Gasteiger partial charge in [0, 0.05) is 15.6 Å². The van der Waals surface area contributed by atoms with Crippen LogP contribution in [0.2, 0.25) is 0 Å². The Balaban J connectivity index is 2.67. The Morgan fingerprint density at radius 3 is 2.64 bits per heavy atom. The van der Waals surface area contributed by atoms with Gasteiger partial charge in [0.15, 0.2) is 5.13 Å². The topological polar surface area (TPSA) is 0 Å². The molecule has 2 rings (SSSR count). The molecule has 2 aromatic rings. The Labute approximate surface area is 87.8 Å². The molecule has 0 saturated carbocycles. The molecule has 5 heteroatoms. The van der Waals surface area contributed by atoms with E-state index in [9.17, 15) is 13.2 Å². The van der Waals surface area contributed by atoms with Crippen LogP contribution in [0.4, 0.5) is 13.2 Å². The number of fused-ring (bicyclic) bond motifs is 1. The van der Waals surface area contributed by atoms with Crippen LogP contribution in [0.5, 0.6) is 0 Å². The van der Waals surface area contributed by atoms with E-state index in [0.29, 0.717) is 10.1 Å². The lowest BCUT2D eigenvalue weighted by Gasteiger charge is -1.98. The van der Waals surface area contributed by atoms with Crippen LogP contribution in [-0.2, 0) is 0 Å². The Hall–Kier alpha value is -0.680. The lowest BCUT2D eigenvalue weighted by atomic mass is 10.2. The minimum atomic E-state index is -2.52. The van der Waals surface area contributed by atoms with Crippen molar-refractivity contribution >= 4 is 34.1 Å². The monoisotopic (exact) mass is 234 g/mol. The normalized spacial score (nSPS) is 11.5. The van der Waals surface area contributed by atoms with Crippen LogP contribution in [0.3, 0.4) is 0 Å². The van der Waals surface area contributed by atoms with Gasteiger partial charge in [-0.3, -0.25) is 0 Å². The van der Waals surface area contributed by atoms with E-state index in [4.69, 9.17) is 0 Å². The van der Waals surface area contributed by atoms with Crippen molar-refractivity contribution in [1.29, 1.82) is 0 Å². The Morgan fingerprint density at radius 1 is 1.29 bits per heavy atom. The number of rotatable bonds is 1. The van der Waals surface area contributed by atoms with E-state index >= 15 is 0 Å². The first kappa shape index (κ1) is 9.86. The molecule has 14 heavy (non-hydrogen) atoms. The molecule has 0 spiro atoms. The third kappa shape index (κ3) is 1.50. The molecule has 0 radical (unpaired) electrons. The van der Waals surface area contributed by atoms with Crippen molar-refractivity contribution in [2.75, 3.05) is 0 Å². The molecule has 0 aliphatic carbocycles. The predicted octanol–water partition coefficient (Wildman–Crippen LogP) is 4.27. The maximum atomic E-state index is 13.0. The smallest absolute Gasteiger partial charge is 0.205 e. The standard InChI is InChI=1S/C9H5F3S2/c10-8(11)4-1-2-5-6(3-4)14-9(12)7(5)13/h1-3,8,13H. The molecule has 0 nitrogen and oxygen atoms in total. The summed E-state index contributed by atoms with van der Waals surface area (Å²) in [5.74, 6) is 0. The molecular formula is C9H5F3S2. The largest absolute Gasteiger partial charge is 0.263 e. The molecule has 0 amide bonds. The molecule has 1 aromatic heterocycles. The number of hydrogen-bond donors (Lipinski definition) is 1. The Bertz CT molecular complexity index is 476. The van der Waals surface area contributed by atoms with Gasteiger partial charge in [0.2, 0.25) is 0 Å². The molecular weight excluding hydrogens is 229 g/mol. The molecule has 0 atom stereocenters. The first-order chi connectivity index (χ1) is 6.59. The molecule has 0 aliphatic heterocycles. The van der Waals surface area contributed by atoms with E-state index in [1.165, 1.54) is 18.2 Å². The van der Waals surface area contributed by atoms with Crippen molar-refractivity contribution in [1.82, 2.24) is 0 Å². The first-order valence-electron chi connectivity index (χ1n) is 3.78. The third-order valence-corrected chi connectivity index (χ3v) is 3.43. The second-order valence-corrected chi connectivity index (χ2v) is 4.23. The summed E-state index contributed by atoms with van der Waals surface area (Å²) in [6.45, 7) is 0. The van der Waals surface area contributed by atoms with Crippen molar-refractivity contribution in [3.05, 3.63) is 28.9 Å². The van der Waals surface area contributed by atoms with Crippen LogP contribution < -0.4 is 0 Å². The van der Waals surface area contributed by atoms with Crippen molar-refractivity contribution in [3.63, 3.8) is 0 Å². The number of hydrogen-bond acceptors (Lipinski definition) is 2. The van der Waals surface area contributed by atoms with Gasteiger partial charge >= 0.3 is 0 Å². The van der Waals surface area contributed by atoms with Gasteiger partial charge in [-0.05, 0) is 6.07 Å². The number of thiol groups is 1. The molecule has 74 valence electrons. The predicted molar refractivity (Wildman–Crippen MR) is 54.0 cm³/mol. The molecule has 0 aliphatic rings. The van der Waals surface area contributed by atoms with Gasteiger partial charge in [-0.15, -0.1) is 24.0 Å². The number of halogens is 3. The highest BCUT2D eigenvalue weighted by Gasteiger charge is 2.12. The maximum absolute atomic E-state index is 13.0. The zero-order valence-corrected chi connectivity index (χ0v) is 8.51. The fourth-order valence-electron chi connectivity index (χ4n) is 1.21. The Morgan fingerprint density at radius 2 is 2.00 bits per heavy atom. The van der Waals surface area contributed by atoms with Gasteiger partial charge in [-0.1, -0.05) is 12.1 Å². The van der Waals surface area contributed by atoms with Crippen molar-refractivity contribution < 1.29 is 13.2 Å². The third-order valence-electron chi connectivity index (χ3n) is 1.90. The van der Waals surface area contributed by atoms with Crippen LogP contribution in [0.15, 0.2) is 23.1 Å². The van der Waals surface area contributed by atoms with Gasteiger partial charge < -0.3 is 0 Å². The lowest BCUT2D eigenvalue weighted by Crippen LogP contribution is -1.81. The summed E-state index contributed by atoms with van der Waals surface area (Å²) in [6.07, 6.45) is -2.52. The summed E-state index contributed by atoms with van der Waals surface area (Å²) in [4.78, 5) is 0.228. The van der Waals surface area contributed by atoms with Crippen LogP contribution in [0.1, 0.15) is 12.0 Å². The summed E-state index contributed by atoms with van der Waals surface area (Å²) in [7, 11) is 0. The molecule has 1 aromatic carbocycles. The second-order valence-electron chi connectivity index (χ2n) is 2.78. The summed E-state index contributed by atoms with van der Waals surface area (Å²) < 4.78 is 38.1. The zero-order chi connectivity index (χ0) is 10.3. The maximum Gasteiger partial charge on any atom is 0.263 e. The highest BCUT2D eigenvalue weighted by Crippen LogP contribution is 2.34. The fourth-order valence-corrected chi connectivity index (χ4v) is 2.49. The van der Waals surface area contributed by atoms with Crippen LogP contribution in [0, 0.1) is 5.13 Å². The summed E-state index contributed by atoms with van der Waals surface area (Å²) in [5, 5.41) is 0.148. The average molecular weight is 234 g/mol. The Kier molecular flexibility index (Phi) is 2.45. The van der Waals surface area contributed by atoms with Crippen LogP contribution >= 0.6 is 24.0 Å². The SMILES string of the molecule is Fc1sc2cc(C(F)F)ccc2c1S. The molecule has 1 heterocycles. The minimum Gasteiger partial charge on any atom is -0.205 e. The van der Waals surface area contributed by atoms with Crippen LogP contribution in [0.25, 0.3) is 10.1 Å². The van der Waals surface area contributed by atoms with Crippen molar-refractivity contribution in [2.24, 2.45) is 0 Å². The van der Waals surface area contributed by atoms with E-state index in [0.717, 1.165) is 11.3 Å². The number of alkyl halides is 2. The zero-order valence-electron chi connectivity index (χ0n) is 6.80. The van der Waals surface area contributed by atoms with E-state index in [1.807, 2.05) is 0 Å². The minimum absolute atomic E-state index is 0.0907. The van der Waals surface area contributed by atoms with Gasteiger partial charge in [0.1, 0.15) is 0 Å². The van der Waals surface area contributed by atoms with E-state index in [-0.39, 0.29) is 10.5 Å². The molecule has 0 N–H and O–H groups in total. The van der Waals surface area contributed by atoms with Gasteiger partial charge in [0.05, 0.1) is 4.90 Å². The van der Waals surface area contributed by atoms with E-state index in [2.05, 4.69) is 12.6 Å². The summed E-state index contributed by atoms with van der Waals surface area (Å²) in [6, 6.07) is 4.06. The van der Waals surface area contributed by atoms with E-state index in [1.54, 1.807) is 0 Å². The highest BCUT2D eigenvalue weighted by atomic mass is 32.1. The van der Waals surface area contributed by atoms with Crippen molar-refractivity contribution in [3.8, 4) is 0 Å². The second kappa shape index (κ2) is 3.47. The van der Waals surface area contributed by atoms with Gasteiger partial charge in [-0.25, -0.2) is 8.78 Å². The number of benzene rings is 1. The van der Waals surface area contributed by atoms with E-state index < -0.39 is 11.6 Å². The lowest BCUT2D eigenvalue weighted by molar-refractivity contribution is 0.151. The molecule has 0 bridgehead atoms. The fraction of sp³-hybridized carbons (Fsp3) is 0.111. The van der Waals surface area contributed by atoms with Gasteiger partial charge in [-0.2, -0.15) is 4.39 Å². The molecule has 0 saturated heterocycles. The van der Waals surface area contributed by atoms with Crippen LogP contribution in [-0.4, -0.2) is 0 Å². The molecule has 0 unspecified atom stereocenters. The molecule has 0 fully saturated rings. The number of thiophene rings is 1.